The van der Waals surface area contributed by atoms with Crippen LogP contribution in [0.1, 0.15) is 12.8 Å². The lowest BCUT2D eigenvalue weighted by molar-refractivity contribution is 0.885. The Morgan fingerprint density at radius 1 is 1.21 bits per heavy atom. The van der Waals surface area contributed by atoms with Crippen molar-refractivity contribution < 1.29 is 0 Å². The summed E-state index contributed by atoms with van der Waals surface area (Å²) in [6, 6.07) is 0. The summed E-state index contributed by atoms with van der Waals surface area (Å²) in [5.74, 6) is 2.10. The summed E-state index contributed by atoms with van der Waals surface area (Å²) in [6.45, 7) is 2.05. The van der Waals surface area contributed by atoms with Gasteiger partial charge in [-0.2, -0.15) is 26.3 Å². The molecule has 1 saturated heterocycles. The van der Waals surface area contributed by atoms with Gasteiger partial charge in [0, 0.05) is 40.9 Å². The van der Waals surface area contributed by atoms with E-state index >= 15 is 0 Å². The SMILES string of the molecule is CNc1nc(-c2cscc2Br)nc(N2CCCC2)n1. The third kappa shape index (κ3) is 2.57. The molecule has 0 bridgehead atoms. The van der Waals surface area contributed by atoms with Crippen molar-refractivity contribution in [3.8, 4) is 11.4 Å². The zero-order valence-corrected chi connectivity index (χ0v) is 13.0. The largest absolute Gasteiger partial charge is 0.357 e. The predicted octanol–water partition coefficient (Wildman–Crippen LogP) is 3.00. The molecule has 5 nitrogen and oxygen atoms in total. The third-order valence-electron chi connectivity index (χ3n) is 3.09. The van der Waals surface area contributed by atoms with Crippen LogP contribution in [0.25, 0.3) is 11.4 Å². The highest BCUT2D eigenvalue weighted by Gasteiger charge is 2.18. The van der Waals surface area contributed by atoms with Crippen LogP contribution in [0.3, 0.4) is 0 Å². The fraction of sp³-hybridized carbons (Fsp3) is 0.417. The maximum atomic E-state index is 4.61. The van der Waals surface area contributed by atoms with E-state index in [0.717, 1.165) is 34.9 Å². The van der Waals surface area contributed by atoms with Gasteiger partial charge in [-0.05, 0) is 28.8 Å². The second-order valence-corrected chi connectivity index (χ2v) is 5.96. The number of halogens is 1. The molecule has 3 heterocycles. The van der Waals surface area contributed by atoms with Crippen LogP contribution in [0.2, 0.25) is 0 Å². The molecule has 7 heteroatoms. The molecule has 0 aliphatic carbocycles. The molecular formula is C12H14BrN5S. The second-order valence-electron chi connectivity index (χ2n) is 4.36. The van der Waals surface area contributed by atoms with Crippen molar-refractivity contribution in [3.63, 3.8) is 0 Å². The van der Waals surface area contributed by atoms with Crippen LogP contribution >= 0.6 is 27.3 Å². The average Bonchev–Trinajstić information content (AvgIpc) is 3.09. The average molecular weight is 340 g/mol. The summed E-state index contributed by atoms with van der Waals surface area (Å²) in [6.07, 6.45) is 2.41. The molecule has 2 aromatic rings. The number of hydrogen-bond donors (Lipinski definition) is 1. The lowest BCUT2D eigenvalue weighted by Gasteiger charge is -2.16. The van der Waals surface area contributed by atoms with Crippen molar-refractivity contribution in [3.05, 3.63) is 15.2 Å². The molecule has 1 fully saturated rings. The number of anilines is 2. The number of hydrogen-bond acceptors (Lipinski definition) is 6. The number of nitrogens with zero attached hydrogens (tertiary/aromatic N) is 4. The number of nitrogens with one attached hydrogen (secondary N) is 1. The molecule has 1 aliphatic rings. The molecule has 0 radical (unpaired) electrons. The summed E-state index contributed by atoms with van der Waals surface area (Å²) in [4.78, 5) is 15.7. The highest BCUT2D eigenvalue weighted by molar-refractivity contribution is 9.10. The standard InChI is InChI=1S/C12H14BrN5S/c1-14-11-15-10(8-6-19-7-9(8)13)16-12(17-11)18-4-2-3-5-18/h6-7H,2-5H2,1H3,(H,14,15,16,17). The molecule has 3 rings (SSSR count). The molecular weight excluding hydrogens is 326 g/mol. The molecule has 1 aliphatic heterocycles. The highest BCUT2D eigenvalue weighted by atomic mass is 79.9. The van der Waals surface area contributed by atoms with Crippen molar-refractivity contribution in [1.29, 1.82) is 0 Å². The van der Waals surface area contributed by atoms with Gasteiger partial charge in [-0.15, -0.1) is 0 Å². The Morgan fingerprint density at radius 2 is 2.00 bits per heavy atom. The van der Waals surface area contributed by atoms with Crippen LogP contribution in [0.4, 0.5) is 11.9 Å². The zero-order valence-electron chi connectivity index (χ0n) is 10.6. The molecule has 0 atom stereocenters. The summed E-state index contributed by atoms with van der Waals surface area (Å²) < 4.78 is 1.03. The Bertz CT molecular complexity index is 579. The lowest BCUT2D eigenvalue weighted by atomic mass is 10.3. The topological polar surface area (TPSA) is 53.9 Å². The summed E-state index contributed by atoms with van der Waals surface area (Å²) >= 11 is 5.16. The van der Waals surface area contributed by atoms with Crippen molar-refractivity contribution in [2.75, 3.05) is 30.4 Å². The van der Waals surface area contributed by atoms with Crippen LogP contribution in [0.5, 0.6) is 0 Å². The van der Waals surface area contributed by atoms with E-state index in [1.165, 1.54) is 12.8 Å². The molecule has 0 spiro atoms. The Kier molecular flexibility index (Phi) is 3.65. The van der Waals surface area contributed by atoms with E-state index in [1.54, 1.807) is 11.3 Å². The van der Waals surface area contributed by atoms with Gasteiger partial charge < -0.3 is 10.2 Å². The van der Waals surface area contributed by atoms with Crippen molar-refractivity contribution in [2.24, 2.45) is 0 Å². The number of thiophene rings is 1. The van der Waals surface area contributed by atoms with Crippen LogP contribution in [0.15, 0.2) is 15.2 Å². The Morgan fingerprint density at radius 3 is 2.63 bits per heavy atom. The van der Waals surface area contributed by atoms with Gasteiger partial charge in [0.1, 0.15) is 0 Å². The molecule has 0 unspecified atom stereocenters. The first-order chi connectivity index (χ1) is 9.28. The van der Waals surface area contributed by atoms with E-state index in [9.17, 15) is 0 Å². The second kappa shape index (κ2) is 5.42. The molecule has 2 aromatic heterocycles. The van der Waals surface area contributed by atoms with E-state index in [-0.39, 0.29) is 0 Å². The minimum atomic E-state index is 0.616. The van der Waals surface area contributed by atoms with Crippen LogP contribution in [0, 0.1) is 0 Å². The van der Waals surface area contributed by atoms with Crippen LogP contribution in [-0.4, -0.2) is 35.1 Å². The third-order valence-corrected chi connectivity index (χ3v) is 4.79. The first-order valence-corrected chi connectivity index (χ1v) is 7.92. The van der Waals surface area contributed by atoms with E-state index in [1.807, 2.05) is 17.8 Å². The minimum absolute atomic E-state index is 0.616. The monoisotopic (exact) mass is 339 g/mol. The molecule has 100 valence electrons. The Labute approximate surface area is 124 Å². The summed E-state index contributed by atoms with van der Waals surface area (Å²) in [5, 5.41) is 7.10. The fourth-order valence-electron chi connectivity index (χ4n) is 2.10. The molecule has 0 amide bonds. The van der Waals surface area contributed by atoms with Crippen molar-refractivity contribution in [2.45, 2.75) is 12.8 Å². The first kappa shape index (κ1) is 12.8. The lowest BCUT2D eigenvalue weighted by Crippen LogP contribution is -2.21. The van der Waals surface area contributed by atoms with Gasteiger partial charge in [0.2, 0.25) is 11.9 Å². The van der Waals surface area contributed by atoms with Crippen molar-refractivity contribution >= 4 is 39.2 Å². The molecule has 19 heavy (non-hydrogen) atoms. The molecule has 1 N–H and O–H groups in total. The molecule has 0 aromatic carbocycles. The van der Waals surface area contributed by atoms with E-state index in [4.69, 9.17) is 0 Å². The fourth-order valence-corrected chi connectivity index (χ4v) is 3.55. The maximum Gasteiger partial charge on any atom is 0.230 e. The summed E-state index contributed by atoms with van der Waals surface area (Å²) in [7, 11) is 1.83. The van der Waals surface area contributed by atoms with Crippen molar-refractivity contribution in [1.82, 2.24) is 15.0 Å². The van der Waals surface area contributed by atoms with Gasteiger partial charge in [-0.25, -0.2) is 0 Å². The minimum Gasteiger partial charge on any atom is -0.357 e. The van der Waals surface area contributed by atoms with E-state index in [2.05, 4.69) is 41.1 Å². The quantitative estimate of drug-likeness (QED) is 0.931. The Hall–Kier alpha value is -1.21. The van der Waals surface area contributed by atoms with Gasteiger partial charge in [-0.1, -0.05) is 0 Å². The van der Waals surface area contributed by atoms with E-state index < -0.39 is 0 Å². The Balaban J connectivity index is 2.04. The number of aromatic nitrogens is 3. The van der Waals surface area contributed by atoms with Gasteiger partial charge in [0.05, 0.1) is 0 Å². The summed E-state index contributed by atoms with van der Waals surface area (Å²) in [5.41, 5.74) is 1.02. The highest BCUT2D eigenvalue weighted by Crippen LogP contribution is 2.30. The first-order valence-electron chi connectivity index (χ1n) is 6.19. The predicted molar refractivity (Wildman–Crippen MR) is 81.8 cm³/mol. The normalized spacial score (nSPS) is 14.9. The van der Waals surface area contributed by atoms with Gasteiger partial charge in [0.15, 0.2) is 5.82 Å². The maximum absolute atomic E-state index is 4.61. The van der Waals surface area contributed by atoms with Gasteiger partial charge >= 0.3 is 0 Å². The van der Waals surface area contributed by atoms with Crippen LogP contribution < -0.4 is 10.2 Å². The van der Waals surface area contributed by atoms with E-state index in [0.29, 0.717) is 5.95 Å². The smallest absolute Gasteiger partial charge is 0.230 e. The van der Waals surface area contributed by atoms with Gasteiger partial charge in [-0.3, -0.25) is 0 Å². The number of rotatable bonds is 3. The van der Waals surface area contributed by atoms with Gasteiger partial charge in [0.25, 0.3) is 0 Å². The zero-order chi connectivity index (χ0) is 13.2. The molecule has 0 saturated carbocycles. The van der Waals surface area contributed by atoms with Crippen LogP contribution in [-0.2, 0) is 0 Å².